The quantitative estimate of drug-likeness (QED) is 0.131. The van der Waals surface area contributed by atoms with Gasteiger partial charge in [0.1, 0.15) is 5.60 Å². The third kappa shape index (κ3) is 6.30. The molecule has 1 unspecified atom stereocenters. The van der Waals surface area contributed by atoms with Gasteiger partial charge in [-0.15, -0.1) is 0 Å². The average molecular weight is 524 g/mol. The summed E-state index contributed by atoms with van der Waals surface area (Å²) in [6.45, 7) is 2.26. The van der Waals surface area contributed by atoms with E-state index >= 15 is 0 Å². The van der Waals surface area contributed by atoms with Crippen LogP contribution in [0.5, 0.6) is 0 Å². The summed E-state index contributed by atoms with van der Waals surface area (Å²) in [5.41, 5.74) is 2.81. The lowest BCUT2D eigenvalue weighted by molar-refractivity contribution is -0.0285. The van der Waals surface area contributed by atoms with Gasteiger partial charge in [0.25, 0.3) is 0 Å². The Kier molecular flexibility index (Phi) is 9.83. The monoisotopic (exact) mass is 524 g/mol. The molecule has 3 rings (SSSR count). The van der Waals surface area contributed by atoms with E-state index in [1.807, 2.05) is 0 Å². The van der Waals surface area contributed by atoms with Crippen molar-refractivity contribution in [2.45, 2.75) is 57.2 Å². The molecule has 0 aliphatic carbocycles. The molecule has 0 bridgehead atoms. The minimum absolute atomic E-state index is 0.0409. The van der Waals surface area contributed by atoms with Crippen LogP contribution < -0.4 is 0 Å². The third-order valence-electron chi connectivity index (χ3n) is 5.75. The molecule has 0 saturated carbocycles. The number of hydrogen-bond acceptors (Lipinski definition) is 1. The lowest BCUT2D eigenvalue weighted by atomic mass is 9.79. The predicted molar refractivity (Wildman–Crippen MR) is 141 cm³/mol. The van der Waals surface area contributed by atoms with E-state index in [1.165, 1.54) is 32.1 Å². The SMILES string of the molecule is CCCCCCCC(C=CI)OC(c1ccccc1)(c1ccccc1)c1ccccc1. The second-order valence-electron chi connectivity index (χ2n) is 7.96. The molecule has 2 heteroatoms. The summed E-state index contributed by atoms with van der Waals surface area (Å²) < 4.78 is 9.25. The molecule has 0 fully saturated rings. The molecule has 162 valence electrons. The van der Waals surface area contributed by atoms with E-state index in [9.17, 15) is 0 Å². The Morgan fingerprint density at radius 1 is 0.710 bits per heavy atom. The van der Waals surface area contributed by atoms with E-state index < -0.39 is 5.60 Å². The van der Waals surface area contributed by atoms with Crippen LogP contribution in [0.4, 0.5) is 0 Å². The topological polar surface area (TPSA) is 9.23 Å². The van der Waals surface area contributed by atoms with Gasteiger partial charge in [0.15, 0.2) is 0 Å². The lowest BCUT2D eigenvalue weighted by Gasteiger charge is -2.38. The van der Waals surface area contributed by atoms with Gasteiger partial charge in [0.2, 0.25) is 0 Å². The van der Waals surface area contributed by atoms with Crippen molar-refractivity contribution in [3.05, 3.63) is 118 Å². The first kappa shape index (κ1) is 23.7. The molecule has 1 atom stereocenters. The first-order valence-electron chi connectivity index (χ1n) is 11.4. The van der Waals surface area contributed by atoms with Gasteiger partial charge in [0.05, 0.1) is 6.10 Å². The number of unbranched alkanes of at least 4 members (excludes halogenated alkanes) is 4. The van der Waals surface area contributed by atoms with Crippen LogP contribution in [0.25, 0.3) is 0 Å². The number of ether oxygens (including phenoxy) is 1. The minimum atomic E-state index is -0.659. The van der Waals surface area contributed by atoms with Gasteiger partial charge in [0, 0.05) is 0 Å². The summed E-state index contributed by atoms with van der Waals surface area (Å²) >= 11 is 2.31. The van der Waals surface area contributed by atoms with Crippen molar-refractivity contribution in [2.75, 3.05) is 0 Å². The zero-order valence-corrected chi connectivity index (χ0v) is 20.6. The summed E-state index contributed by atoms with van der Waals surface area (Å²) in [4.78, 5) is 0. The van der Waals surface area contributed by atoms with Gasteiger partial charge < -0.3 is 4.74 Å². The van der Waals surface area contributed by atoms with Gasteiger partial charge in [-0.25, -0.2) is 0 Å². The highest BCUT2D eigenvalue weighted by Crippen LogP contribution is 2.42. The maximum atomic E-state index is 7.15. The van der Waals surface area contributed by atoms with Crippen molar-refractivity contribution < 1.29 is 4.74 Å². The first-order valence-corrected chi connectivity index (χ1v) is 12.7. The van der Waals surface area contributed by atoms with Gasteiger partial charge in [-0.1, -0.05) is 153 Å². The molecule has 0 spiro atoms. The van der Waals surface area contributed by atoms with Crippen molar-refractivity contribution in [1.82, 2.24) is 0 Å². The second-order valence-corrected chi connectivity index (χ2v) is 8.68. The van der Waals surface area contributed by atoms with E-state index in [1.54, 1.807) is 0 Å². The number of halogens is 1. The fourth-order valence-electron chi connectivity index (χ4n) is 4.17. The number of rotatable bonds is 12. The van der Waals surface area contributed by atoms with Crippen LogP contribution in [0.1, 0.15) is 62.1 Å². The van der Waals surface area contributed by atoms with E-state index in [-0.39, 0.29) is 6.10 Å². The maximum Gasteiger partial charge on any atom is 0.144 e. The Hall–Kier alpha value is -1.91. The van der Waals surface area contributed by atoms with Crippen molar-refractivity contribution in [2.24, 2.45) is 0 Å². The smallest absolute Gasteiger partial charge is 0.144 e. The fraction of sp³-hybridized carbons (Fsp3) is 0.310. The zero-order chi connectivity index (χ0) is 21.8. The molecule has 0 N–H and O–H groups in total. The Morgan fingerprint density at radius 2 is 1.16 bits per heavy atom. The van der Waals surface area contributed by atoms with E-state index in [0.717, 1.165) is 23.1 Å². The molecule has 3 aromatic carbocycles. The molecular weight excluding hydrogens is 491 g/mol. The summed E-state index contributed by atoms with van der Waals surface area (Å²) in [6.07, 6.45) is 9.61. The highest BCUT2D eigenvalue weighted by molar-refractivity contribution is 14.1. The Balaban J connectivity index is 2.04. The molecule has 0 radical (unpaired) electrons. The average Bonchev–Trinajstić information content (AvgIpc) is 2.84. The summed E-state index contributed by atoms with van der Waals surface area (Å²) in [6, 6.07) is 32.0. The van der Waals surface area contributed by atoms with Crippen LogP contribution in [0.2, 0.25) is 0 Å². The van der Waals surface area contributed by atoms with Crippen LogP contribution in [0, 0.1) is 0 Å². The van der Waals surface area contributed by atoms with Gasteiger partial charge >= 0.3 is 0 Å². The standard InChI is InChI=1S/C29H33IO/c1-2-3-4-5-15-22-28(23-24-30)31-29(25-16-9-6-10-17-25,26-18-11-7-12-19-26)27-20-13-8-14-21-27/h6-14,16-21,23-24,28H,2-5,15,22H2,1H3. The zero-order valence-electron chi connectivity index (χ0n) is 18.4. The Morgan fingerprint density at radius 3 is 1.58 bits per heavy atom. The van der Waals surface area contributed by atoms with Gasteiger partial charge in [-0.3, -0.25) is 0 Å². The first-order chi connectivity index (χ1) is 15.3. The fourth-order valence-corrected chi connectivity index (χ4v) is 4.64. The molecule has 1 nitrogen and oxygen atoms in total. The summed E-state index contributed by atoms with van der Waals surface area (Å²) in [5, 5.41) is 0. The van der Waals surface area contributed by atoms with Gasteiger partial charge in [-0.05, 0) is 33.3 Å². The van der Waals surface area contributed by atoms with E-state index in [0.29, 0.717) is 0 Å². The predicted octanol–water partition coefficient (Wildman–Crippen LogP) is 8.67. The van der Waals surface area contributed by atoms with Crippen LogP contribution in [-0.4, -0.2) is 6.10 Å². The molecule has 0 aromatic heterocycles. The van der Waals surface area contributed by atoms with Crippen molar-refractivity contribution in [1.29, 1.82) is 0 Å². The second kappa shape index (κ2) is 12.8. The highest BCUT2D eigenvalue weighted by Gasteiger charge is 2.39. The van der Waals surface area contributed by atoms with E-state index in [2.05, 4.69) is 131 Å². The number of hydrogen-bond donors (Lipinski definition) is 0. The molecular formula is C29H33IO. The van der Waals surface area contributed by atoms with Crippen LogP contribution in [0.15, 0.2) is 101 Å². The van der Waals surface area contributed by atoms with Crippen LogP contribution >= 0.6 is 22.6 Å². The van der Waals surface area contributed by atoms with Crippen LogP contribution in [-0.2, 0) is 10.3 Å². The van der Waals surface area contributed by atoms with Crippen molar-refractivity contribution in [3.8, 4) is 0 Å². The summed E-state index contributed by atoms with van der Waals surface area (Å²) in [7, 11) is 0. The molecule has 31 heavy (non-hydrogen) atoms. The highest BCUT2D eigenvalue weighted by atomic mass is 127. The van der Waals surface area contributed by atoms with Crippen LogP contribution in [0.3, 0.4) is 0 Å². The maximum absolute atomic E-state index is 7.15. The van der Waals surface area contributed by atoms with E-state index in [4.69, 9.17) is 4.74 Å². The minimum Gasteiger partial charge on any atom is -0.354 e. The largest absolute Gasteiger partial charge is 0.354 e. The molecule has 0 amide bonds. The normalized spacial score (nSPS) is 12.8. The number of benzene rings is 3. The van der Waals surface area contributed by atoms with Crippen molar-refractivity contribution >= 4 is 22.6 Å². The molecule has 0 heterocycles. The molecule has 0 aliphatic rings. The molecule has 3 aromatic rings. The third-order valence-corrected chi connectivity index (χ3v) is 6.16. The lowest BCUT2D eigenvalue weighted by Crippen LogP contribution is -2.36. The molecule has 0 aliphatic heterocycles. The van der Waals surface area contributed by atoms with Crippen molar-refractivity contribution in [3.63, 3.8) is 0 Å². The molecule has 0 saturated heterocycles. The summed E-state index contributed by atoms with van der Waals surface area (Å²) in [5.74, 6) is 0. The Labute approximate surface area is 201 Å². The van der Waals surface area contributed by atoms with Gasteiger partial charge in [-0.2, -0.15) is 0 Å². The Bertz CT molecular complexity index is 793.